The fourth-order valence-corrected chi connectivity index (χ4v) is 10.7. The van der Waals surface area contributed by atoms with Gasteiger partial charge in [-0.25, -0.2) is 19.6 Å². The van der Waals surface area contributed by atoms with Gasteiger partial charge in [0.25, 0.3) is 0 Å². The quantitative estimate of drug-likeness (QED) is 0.120. The van der Waals surface area contributed by atoms with Gasteiger partial charge in [-0.15, -0.1) is 0 Å². The summed E-state index contributed by atoms with van der Waals surface area (Å²) in [5.41, 5.74) is 7.27. The van der Waals surface area contributed by atoms with Crippen LogP contribution in [0.15, 0.2) is 60.7 Å². The number of H-pyrrole nitrogens is 2. The molecule has 4 atom stereocenters. The molecule has 1 spiro atoms. The first-order valence-corrected chi connectivity index (χ1v) is 24.0. The molecule has 3 fully saturated rings. The van der Waals surface area contributed by atoms with E-state index >= 15 is 0 Å². The van der Waals surface area contributed by atoms with Crippen LogP contribution >= 0.6 is 0 Å². The first-order chi connectivity index (χ1) is 32.1. The van der Waals surface area contributed by atoms with Crippen LogP contribution < -0.4 is 10.6 Å². The third-order valence-corrected chi connectivity index (χ3v) is 14.7. The van der Waals surface area contributed by atoms with E-state index in [9.17, 15) is 24.0 Å². The number of aromatic nitrogens is 4. The Balaban J connectivity index is 1.11. The predicted molar refractivity (Wildman–Crippen MR) is 257 cm³/mol. The lowest BCUT2D eigenvalue weighted by Gasteiger charge is -2.39. The first-order valence-electron chi connectivity index (χ1n) is 24.0. The minimum absolute atomic E-state index is 0.142. The van der Waals surface area contributed by atoms with Crippen molar-refractivity contribution in [2.24, 2.45) is 23.2 Å². The van der Waals surface area contributed by atoms with Crippen molar-refractivity contribution in [2.75, 3.05) is 27.3 Å². The number of hydrogen-bond acceptors (Lipinski definition) is 9. The number of nitrogens with zero attached hydrogens (tertiary/aromatic N) is 4. The highest BCUT2D eigenvalue weighted by Gasteiger charge is 2.43. The Bertz CT molecular complexity index is 2630. The number of rotatable bonds is 10. The number of fused-ring (bicyclic) bond motifs is 2. The molecule has 2 aromatic carbocycles. The van der Waals surface area contributed by atoms with E-state index in [2.05, 4.69) is 64.5 Å². The summed E-state index contributed by atoms with van der Waals surface area (Å²) < 4.78 is 9.64. The summed E-state index contributed by atoms with van der Waals surface area (Å²) in [6.07, 6.45) is 10.4. The Labute approximate surface area is 392 Å². The molecule has 356 valence electrons. The van der Waals surface area contributed by atoms with Crippen molar-refractivity contribution >= 4 is 63.0 Å². The average molecular weight is 915 g/mol. The SMILES string of the molecule is C=C1CC2(CCC(C)CC2)C(=O)C/C(c2ccc3nc([C@@H]4CCCN4C(=O)[C@@H](NC(=O)OC)C(C)C)[nH]c3c2)=C\C=C/1c1ccc2nc([C@@H]3CCCN3C(=O)[C@@H](NC(=O)OC)C(C)C)[nH]c2c1. The molecule has 67 heavy (non-hydrogen) atoms. The summed E-state index contributed by atoms with van der Waals surface area (Å²) in [4.78, 5) is 87.5. The van der Waals surface area contributed by atoms with E-state index in [1.807, 2.05) is 55.7 Å². The zero-order chi connectivity index (χ0) is 47.7. The number of alkyl carbamates (subject to hydrolysis) is 2. The number of likely N-dealkylation sites (tertiary alicyclic amines) is 2. The van der Waals surface area contributed by atoms with E-state index in [0.29, 0.717) is 37.1 Å². The molecule has 4 N–H and O–H groups in total. The van der Waals surface area contributed by atoms with Crippen molar-refractivity contribution in [3.8, 4) is 0 Å². The van der Waals surface area contributed by atoms with E-state index in [4.69, 9.17) is 19.4 Å². The van der Waals surface area contributed by atoms with Crippen LogP contribution in [0.25, 0.3) is 33.2 Å². The number of allylic oxidation sites excluding steroid dienone is 5. The summed E-state index contributed by atoms with van der Waals surface area (Å²) >= 11 is 0. The molecule has 8 rings (SSSR count). The number of Topliss-reactive ketones (excluding diaryl/α,β-unsaturated/α-hetero) is 1. The fraction of sp³-hybridized carbons (Fsp3) is 0.519. The lowest BCUT2D eigenvalue weighted by atomic mass is 9.64. The molecule has 0 unspecified atom stereocenters. The summed E-state index contributed by atoms with van der Waals surface area (Å²) in [7, 11) is 2.58. The van der Waals surface area contributed by atoms with Crippen molar-refractivity contribution in [3.63, 3.8) is 0 Å². The maximum atomic E-state index is 14.8. The molecule has 4 heterocycles. The highest BCUT2D eigenvalue weighted by atomic mass is 16.5. The summed E-state index contributed by atoms with van der Waals surface area (Å²) in [5.74, 6) is 1.56. The zero-order valence-corrected chi connectivity index (χ0v) is 40.0. The number of amides is 4. The number of methoxy groups -OCH3 is 2. The van der Waals surface area contributed by atoms with Gasteiger partial charge >= 0.3 is 12.2 Å². The molecule has 1 saturated carbocycles. The Morgan fingerprint density at radius 3 is 1.73 bits per heavy atom. The Morgan fingerprint density at radius 1 is 0.746 bits per heavy atom. The van der Waals surface area contributed by atoms with E-state index in [1.165, 1.54) is 14.2 Å². The number of hydrogen-bond donors (Lipinski definition) is 4. The second-order valence-electron chi connectivity index (χ2n) is 19.9. The molecule has 2 aliphatic carbocycles. The van der Waals surface area contributed by atoms with Crippen LogP contribution in [0.2, 0.25) is 0 Å². The monoisotopic (exact) mass is 915 g/mol. The summed E-state index contributed by atoms with van der Waals surface area (Å²) in [5, 5.41) is 5.45. The van der Waals surface area contributed by atoms with Crippen LogP contribution in [0.4, 0.5) is 9.59 Å². The van der Waals surface area contributed by atoms with Gasteiger partial charge in [-0.05, 0) is 128 Å². The van der Waals surface area contributed by atoms with Crippen molar-refractivity contribution < 1.29 is 33.4 Å². The number of carbonyl (C=O) groups excluding carboxylic acids is 5. The van der Waals surface area contributed by atoms with Gasteiger partial charge in [-0.2, -0.15) is 0 Å². The number of ether oxygens (including phenoxy) is 2. The van der Waals surface area contributed by atoms with Gasteiger partial charge in [-0.1, -0.05) is 65.5 Å². The van der Waals surface area contributed by atoms with Gasteiger partial charge in [0.05, 0.1) is 48.4 Å². The molecule has 0 radical (unpaired) electrons. The molecule has 15 heteroatoms. The molecule has 2 aliphatic heterocycles. The van der Waals surface area contributed by atoms with Gasteiger partial charge in [0, 0.05) is 24.9 Å². The molecule has 15 nitrogen and oxygen atoms in total. The zero-order valence-electron chi connectivity index (χ0n) is 40.0. The molecule has 2 saturated heterocycles. The Kier molecular flexibility index (Phi) is 13.8. The largest absolute Gasteiger partial charge is 0.453 e. The van der Waals surface area contributed by atoms with Crippen molar-refractivity contribution in [3.05, 3.63) is 83.5 Å². The number of carbonyl (C=O) groups is 5. The topological polar surface area (TPSA) is 192 Å². The minimum Gasteiger partial charge on any atom is -0.453 e. The van der Waals surface area contributed by atoms with Crippen molar-refractivity contribution in [1.82, 2.24) is 40.4 Å². The normalized spacial score (nSPS) is 25.1. The molecular formula is C52H66N8O7. The molecule has 2 aromatic heterocycles. The van der Waals surface area contributed by atoms with Crippen molar-refractivity contribution in [2.45, 2.75) is 123 Å². The second-order valence-corrected chi connectivity index (χ2v) is 19.9. The van der Waals surface area contributed by atoms with Crippen LogP contribution in [0, 0.1) is 23.2 Å². The van der Waals surface area contributed by atoms with Gasteiger partial charge in [0.1, 0.15) is 29.5 Å². The van der Waals surface area contributed by atoms with Crippen LogP contribution in [0.5, 0.6) is 0 Å². The number of imidazole rings is 2. The van der Waals surface area contributed by atoms with E-state index in [0.717, 1.165) is 101 Å². The van der Waals surface area contributed by atoms with E-state index < -0.39 is 29.7 Å². The molecule has 4 amide bonds. The van der Waals surface area contributed by atoms with Gasteiger partial charge < -0.3 is 39.9 Å². The lowest BCUT2D eigenvalue weighted by molar-refractivity contribution is -0.136. The van der Waals surface area contributed by atoms with Crippen LogP contribution in [0.1, 0.15) is 134 Å². The van der Waals surface area contributed by atoms with Crippen LogP contribution in [-0.2, 0) is 23.9 Å². The molecule has 0 bridgehead atoms. The van der Waals surface area contributed by atoms with Crippen LogP contribution in [0.3, 0.4) is 0 Å². The fourth-order valence-electron chi connectivity index (χ4n) is 10.7. The Morgan fingerprint density at radius 2 is 1.24 bits per heavy atom. The van der Waals surface area contributed by atoms with Gasteiger partial charge in [-0.3, -0.25) is 14.4 Å². The minimum atomic E-state index is -0.734. The van der Waals surface area contributed by atoms with E-state index in [-0.39, 0.29) is 47.9 Å². The smallest absolute Gasteiger partial charge is 0.407 e. The summed E-state index contributed by atoms with van der Waals surface area (Å²) in [6.45, 7) is 15.6. The average Bonchev–Trinajstić information content (AvgIpc) is 4.15. The Hall–Kier alpha value is -6.25. The number of benzene rings is 2. The third kappa shape index (κ3) is 9.64. The van der Waals surface area contributed by atoms with Gasteiger partial charge in [0.15, 0.2) is 0 Å². The summed E-state index contributed by atoms with van der Waals surface area (Å²) in [6, 6.07) is 10.2. The van der Waals surface area contributed by atoms with E-state index in [1.54, 1.807) is 0 Å². The number of nitrogens with one attached hydrogen (secondary N) is 4. The standard InChI is InChI=1S/C52H66N8O7/c1-29(2)44(57-50(64)66-7)48(62)59-23-9-11-41(59)46-53-37-17-14-33(25-39(37)55-46)34-13-16-36(32(6)28-52(43(61)27-34)21-19-31(5)20-22-52)35-15-18-38-40(26-35)56-47(54-38)42-12-10-24-60(42)49(63)45(30(3)4)58-51(65)67-8/h13-18,25-26,29-31,41-42,44-45H,6,9-12,19-24,27-28H2,1-5,7-8H3,(H,53,55)(H,54,56)(H,57,64)(H,58,65)/b34-13+,36-16+/t31?,41-,42-,44-,45-,52?/m0/s1. The van der Waals surface area contributed by atoms with Crippen LogP contribution in [-0.4, -0.2) is 98.9 Å². The maximum absolute atomic E-state index is 14.8. The molecular weight excluding hydrogens is 849 g/mol. The molecule has 4 aliphatic rings. The number of ketones is 1. The highest BCUT2D eigenvalue weighted by molar-refractivity contribution is 5.98. The number of aromatic amines is 2. The van der Waals surface area contributed by atoms with Crippen molar-refractivity contribution in [1.29, 1.82) is 0 Å². The third-order valence-electron chi connectivity index (χ3n) is 14.7. The predicted octanol–water partition coefficient (Wildman–Crippen LogP) is 9.11. The molecule has 4 aromatic rings. The van der Waals surface area contributed by atoms with Gasteiger partial charge in [0.2, 0.25) is 11.8 Å². The highest BCUT2D eigenvalue weighted by Crippen LogP contribution is 2.48. The second kappa shape index (κ2) is 19.5. The lowest BCUT2D eigenvalue weighted by Crippen LogP contribution is -2.51. The first kappa shape index (κ1) is 47.3. The maximum Gasteiger partial charge on any atom is 0.407 e.